The number of aromatic nitrogens is 1. The van der Waals surface area contributed by atoms with Crippen LogP contribution in [0.4, 0.5) is 0 Å². The van der Waals surface area contributed by atoms with Crippen molar-refractivity contribution in [3.05, 3.63) is 30.1 Å². The highest BCUT2D eigenvalue weighted by Crippen LogP contribution is 2.24. The van der Waals surface area contributed by atoms with Gasteiger partial charge < -0.3 is 9.84 Å². The summed E-state index contributed by atoms with van der Waals surface area (Å²) in [6.45, 7) is 6.10. The number of nitrogens with zero attached hydrogens (tertiary/aromatic N) is 1. The number of hydrogen-bond acceptors (Lipinski definition) is 3. The van der Waals surface area contributed by atoms with Crippen LogP contribution in [0.25, 0.3) is 0 Å². The minimum absolute atomic E-state index is 0.414. The smallest absolute Gasteiger partial charge is 0.342 e. The Morgan fingerprint density at radius 2 is 2.24 bits per heavy atom. The lowest BCUT2D eigenvalue weighted by Gasteiger charge is -2.25. The molecule has 0 fully saturated rings. The van der Waals surface area contributed by atoms with Gasteiger partial charge in [-0.25, -0.2) is 4.79 Å². The second-order valence-electron chi connectivity index (χ2n) is 4.58. The second kappa shape index (κ2) is 5.77. The van der Waals surface area contributed by atoms with Crippen LogP contribution in [0, 0.1) is 5.92 Å². The molecule has 0 saturated carbocycles. The number of carboxylic acid groups (broad SMARTS) is 1. The van der Waals surface area contributed by atoms with Crippen molar-refractivity contribution in [1.29, 1.82) is 0 Å². The molecule has 1 unspecified atom stereocenters. The highest BCUT2D eigenvalue weighted by atomic mass is 16.5. The Balaban J connectivity index is 2.80. The molecule has 0 bridgehead atoms. The molecule has 1 aromatic heterocycles. The summed E-state index contributed by atoms with van der Waals surface area (Å²) in [5.74, 6) is -0.531. The largest absolute Gasteiger partial charge is 0.479 e. The lowest BCUT2D eigenvalue weighted by atomic mass is 10.0. The zero-order chi connectivity index (χ0) is 12.9. The number of rotatable bonds is 6. The average molecular weight is 237 g/mol. The zero-order valence-electron chi connectivity index (χ0n) is 10.5. The van der Waals surface area contributed by atoms with Gasteiger partial charge in [0.05, 0.1) is 5.69 Å². The Labute approximate surface area is 102 Å². The molecule has 0 saturated heterocycles. The number of hydrogen-bond donors (Lipinski definition) is 1. The van der Waals surface area contributed by atoms with Gasteiger partial charge >= 0.3 is 5.97 Å². The van der Waals surface area contributed by atoms with Gasteiger partial charge in [-0.2, -0.15) is 0 Å². The summed E-state index contributed by atoms with van der Waals surface area (Å²) in [5, 5.41) is 9.29. The van der Waals surface area contributed by atoms with E-state index in [0.29, 0.717) is 18.2 Å². The molecule has 0 radical (unpaired) electrons. The lowest BCUT2D eigenvalue weighted by molar-refractivity contribution is -0.166. The molecule has 0 amide bonds. The van der Waals surface area contributed by atoms with Crippen molar-refractivity contribution < 1.29 is 14.6 Å². The first-order valence-electron chi connectivity index (χ1n) is 5.75. The van der Waals surface area contributed by atoms with Gasteiger partial charge in [-0.1, -0.05) is 19.9 Å². The molecule has 0 aromatic carbocycles. The van der Waals surface area contributed by atoms with Crippen LogP contribution in [0.2, 0.25) is 0 Å². The summed E-state index contributed by atoms with van der Waals surface area (Å²) < 4.78 is 5.53. The van der Waals surface area contributed by atoms with E-state index in [0.717, 1.165) is 6.42 Å². The maximum absolute atomic E-state index is 11.3. The van der Waals surface area contributed by atoms with Gasteiger partial charge in [0, 0.05) is 12.8 Å². The molecular formula is C13H19NO3. The molecule has 0 aliphatic carbocycles. The van der Waals surface area contributed by atoms with Crippen LogP contribution in [0.1, 0.15) is 32.9 Å². The van der Waals surface area contributed by atoms with E-state index in [1.165, 1.54) is 6.92 Å². The van der Waals surface area contributed by atoms with Gasteiger partial charge in [0.2, 0.25) is 5.60 Å². The Morgan fingerprint density at radius 3 is 2.71 bits per heavy atom. The van der Waals surface area contributed by atoms with E-state index in [2.05, 4.69) is 18.8 Å². The molecule has 0 aliphatic rings. The maximum atomic E-state index is 11.3. The molecule has 1 rings (SSSR count). The Bertz CT molecular complexity index is 364. The standard InChI is InChI=1S/C13H19NO3/c1-10(2)7-9-17-13(3,12(15)16)11-6-4-5-8-14-11/h4-6,8,10H,7,9H2,1-3H3,(H,15,16). The summed E-state index contributed by atoms with van der Waals surface area (Å²) in [7, 11) is 0. The lowest BCUT2D eigenvalue weighted by Crippen LogP contribution is -2.36. The molecule has 1 heterocycles. The van der Waals surface area contributed by atoms with Crippen LogP contribution in [0.15, 0.2) is 24.4 Å². The fraction of sp³-hybridized carbons (Fsp3) is 0.538. The number of carbonyl (C=O) groups is 1. The quantitative estimate of drug-likeness (QED) is 0.825. The maximum Gasteiger partial charge on any atom is 0.342 e. The highest BCUT2D eigenvalue weighted by Gasteiger charge is 2.37. The minimum Gasteiger partial charge on any atom is -0.479 e. The van der Waals surface area contributed by atoms with E-state index in [4.69, 9.17) is 4.74 Å². The third-order valence-electron chi connectivity index (χ3n) is 2.65. The van der Waals surface area contributed by atoms with Gasteiger partial charge in [0.1, 0.15) is 0 Å². The van der Waals surface area contributed by atoms with Crippen LogP contribution in [0.3, 0.4) is 0 Å². The Kier molecular flexibility index (Phi) is 4.63. The topological polar surface area (TPSA) is 59.4 Å². The molecule has 0 spiro atoms. The van der Waals surface area contributed by atoms with E-state index in [-0.39, 0.29) is 0 Å². The first-order chi connectivity index (χ1) is 7.97. The average Bonchev–Trinajstić information content (AvgIpc) is 2.29. The fourth-order valence-electron chi connectivity index (χ4n) is 1.39. The van der Waals surface area contributed by atoms with Gasteiger partial charge in [-0.05, 0) is 31.4 Å². The van der Waals surface area contributed by atoms with Gasteiger partial charge in [0.15, 0.2) is 0 Å². The van der Waals surface area contributed by atoms with Crippen LogP contribution in [-0.4, -0.2) is 22.7 Å². The van der Waals surface area contributed by atoms with Crippen molar-refractivity contribution in [3.63, 3.8) is 0 Å². The Hall–Kier alpha value is -1.42. The normalized spacial score (nSPS) is 14.6. The Morgan fingerprint density at radius 1 is 1.53 bits per heavy atom. The SMILES string of the molecule is CC(C)CCOC(C)(C(=O)O)c1ccccn1. The van der Waals surface area contributed by atoms with Gasteiger partial charge in [0.25, 0.3) is 0 Å². The van der Waals surface area contributed by atoms with Crippen LogP contribution in [-0.2, 0) is 15.1 Å². The molecule has 4 nitrogen and oxygen atoms in total. The summed E-state index contributed by atoms with van der Waals surface area (Å²) in [6.07, 6.45) is 2.40. The third-order valence-corrected chi connectivity index (χ3v) is 2.65. The van der Waals surface area contributed by atoms with E-state index in [1.807, 2.05) is 0 Å². The van der Waals surface area contributed by atoms with E-state index >= 15 is 0 Å². The monoisotopic (exact) mass is 237 g/mol. The predicted octanol–water partition coefficient (Wildman–Crippen LogP) is 2.44. The third kappa shape index (κ3) is 3.53. The molecular weight excluding hydrogens is 218 g/mol. The van der Waals surface area contributed by atoms with Crippen LogP contribution in [0.5, 0.6) is 0 Å². The predicted molar refractivity (Wildman–Crippen MR) is 64.6 cm³/mol. The molecule has 1 atom stereocenters. The van der Waals surface area contributed by atoms with Crippen molar-refractivity contribution in [2.75, 3.05) is 6.61 Å². The van der Waals surface area contributed by atoms with Gasteiger partial charge in [-0.15, -0.1) is 0 Å². The zero-order valence-corrected chi connectivity index (χ0v) is 10.5. The summed E-state index contributed by atoms with van der Waals surface area (Å²) in [5.41, 5.74) is -0.938. The number of aliphatic carboxylic acids is 1. The molecule has 0 aliphatic heterocycles. The van der Waals surface area contributed by atoms with Crippen molar-refractivity contribution in [2.24, 2.45) is 5.92 Å². The van der Waals surface area contributed by atoms with Gasteiger partial charge in [-0.3, -0.25) is 4.98 Å². The molecule has 1 N–H and O–H groups in total. The fourth-order valence-corrected chi connectivity index (χ4v) is 1.39. The van der Waals surface area contributed by atoms with Crippen molar-refractivity contribution in [3.8, 4) is 0 Å². The second-order valence-corrected chi connectivity index (χ2v) is 4.58. The highest BCUT2D eigenvalue weighted by molar-refractivity contribution is 5.78. The first kappa shape index (κ1) is 13.6. The van der Waals surface area contributed by atoms with E-state index < -0.39 is 11.6 Å². The number of ether oxygens (including phenoxy) is 1. The first-order valence-corrected chi connectivity index (χ1v) is 5.75. The summed E-state index contributed by atoms with van der Waals surface area (Å²) in [6, 6.07) is 5.18. The van der Waals surface area contributed by atoms with Crippen LogP contribution >= 0.6 is 0 Å². The summed E-state index contributed by atoms with van der Waals surface area (Å²) >= 11 is 0. The minimum atomic E-state index is -1.36. The molecule has 17 heavy (non-hydrogen) atoms. The van der Waals surface area contributed by atoms with E-state index in [1.54, 1.807) is 24.4 Å². The van der Waals surface area contributed by atoms with Crippen molar-refractivity contribution in [1.82, 2.24) is 4.98 Å². The van der Waals surface area contributed by atoms with E-state index in [9.17, 15) is 9.90 Å². The molecule has 4 heteroatoms. The van der Waals surface area contributed by atoms with Crippen LogP contribution < -0.4 is 0 Å². The summed E-state index contributed by atoms with van der Waals surface area (Å²) in [4.78, 5) is 15.4. The van der Waals surface area contributed by atoms with Crippen molar-refractivity contribution in [2.45, 2.75) is 32.8 Å². The molecule has 94 valence electrons. The van der Waals surface area contributed by atoms with Crippen molar-refractivity contribution >= 4 is 5.97 Å². The number of carboxylic acids is 1. The molecule has 1 aromatic rings. The number of pyridine rings is 1.